The summed E-state index contributed by atoms with van der Waals surface area (Å²) in [5.41, 5.74) is 4.82. The van der Waals surface area contributed by atoms with E-state index in [4.69, 9.17) is 9.72 Å². The highest BCUT2D eigenvalue weighted by molar-refractivity contribution is 5.51. The van der Waals surface area contributed by atoms with Crippen LogP contribution in [0.15, 0.2) is 24.3 Å². The van der Waals surface area contributed by atoms with Gasteiger partial charge in [0.25, 0.3) is 0 Å². The molecule has 0 bridgehead atoms. The van der Waals surface area contributed by atoms with Crippen LogP contribution in [-0.4, -0.2) is 71.5 Å². The summed E-state index contributed by atoms with van der Waals surface area (Å²) in [5.74, 6) is 1.88. The van der Waals surface area contributed by atoms with Gasteiger partial charge in [-0.3, -0.25) is 4.90 Å². The summed E-state index contributed by atoms with van der Waals surface area (Å²) in [4.78, 5) is 14.2. The van der Waals surface area contributed by atoms with Crippen LogP contribution in [0.3, 0.4) is 0 Å². The Hall–Kier alpha value is -2.02. The number of aryl methyl sites for hydroxylation is 3. The van der Waals surface area contributed by atoms with Crippen molar-refractivity contribution in [3.8, 4) is 0 Å². The van der Waals surface area contributed by atoms with Crippen molar-refractivity contribution in [2.75, 3.05) is 44.2 Å². The maximum atomic E-state index is 10.2. The van der Waals surface area contributed by atoms with Gasteiger partial charge in [-0.2, -0.15) is 0 Å². The number of ether oxygens (including phenoxy) is 1. The maximum absolute atomic E-state index is 10.2. The van der Waals surface area contributed by atoms with Crippen molar-refractivity contribution in [2.45, 2.75) is 53.2 Å². The van der Waals surface area contributed by atoms with Gasteiger partial charge in [0, 0.05) is 50.4 Å². The number of rotatable bonds is 8. The van der Waals surface area contributed by atoms with Crippen LogP contribution in [0.4, 0.5) is 5.82 Å². The number of aromatic nitrogens is 2. The lowest BCUT2D eigenvalue weighted by molar-refractivity contribution is -0.00901. The van der Waals surface area contributed by atoms with Crippen molar-refractivity contribution < 1.29 is 9.84 Å². The van der Waals surface area contributed by atoms with Crippen molar-refractivity contribution in [3.05, 3.63) is 52.5 Å². The lowest BCUT2D eigenvalue weighted by Gasteiger charge is -2.37. The first kappa shape index (κ1) is 22.7. The number of aliphatic hydroxyl groups is 1. The van der Waals surface area contributed by atoms with E-state index in [0.717, 1.165) is 49.9 Å². The molecule has 0 radical (unpaired) electrons. The molecule has 1 aromatic carbocycles. The van der Waals surface area contributed by atoms with Crippen molar-refractivity contribution in [3.63, 3.8) is 0 Å². The third-order valence-corrected chi connectivity index (χ3v) is 5.57. The van der Waals surface area contributed by atoms with Crippen LogP contribution in [0.2, 0.25) is 0 Å². The van der Waals surface area contributed by atoms with E-state index in [1.165, 1.54) is 16.7 Å². The number of anilines is 1. The quantitative estimate of drug-likeness (QED) is 0.719. The van der Waals surface area contributed by atoms with Gasteiger partial charge in [0.2, 0.25) is 0 Å². The Morgan fingerprint density at radius 2 is 1.67 bits per heavy atom. The van der Waals surface area contributed by atoms with Crippen LogP contribution in [0.5, 0.6) is 0 Å². The van der Waals surface area contributed by atoms with Crippen molar-refractivity contribution in [1.29, 1.82) is 0 Å². The lowest BCUT2D eigenvalue weighted by Crippen LogP contribution is -2.49. The molecule has 0 aliphatic carbocycles. The number of piperazine rings is 1. The van der Waals surface area contributed by atoms with Gasteiger partial charge in [0.15, 0.2) is 0 Å². The zero-order chi connectivity index (χ0) is 21.7. The fourth-order valence-electron chi connectivity index (χ4n) is 3.89. The second-order valence-electron chi connectivity index (χ2n) is 8.64. The minimum Gasteiger partial charge on any atom is -0.389 e. The first-order valence-electron chi connectivity index (χ1n) is 11.0. The second kappa shape index (κ2) is 10.3. The zero-order valence-corrected chi connectivity index (χ0v) is 19.1. The summed E-state index contributed by atoms with van der Waals surface area (Å²) >= 11 is 0. The Kier molecular flexibility index (Phi) is 7.81. The fourth-order valence-corrected chi connectivity index (χ4v) is 3.89. The van der Waals surface area contributed by atoms with E-state index in [9.17, 15) is 5.11 Å². The molecule has 0 amide bonds. The molecule has 1 aliphatic heterocycles. The SMILES string of the molecule is Cc1ccc(Cc2c(C)nc(C)nc2N2CCN(CC(O)COC(C)C)CC2)cc1. The molecule has 0 spiro atoms. The maximum Gasteiger partial charge on any atom is 0.136 e. The molecule has 1 atom stereocenters. The Labute approximate surface area is 180 Å². The summed E-state index contributed by atoms with van der Waals surface area (Å²) in [6, 6.07) is 8.70. The molecule has 164 valence electrons. The van der Waals surface area contributed by atoms with E-state index >= 15 is 0 Å². The second-order valence-corrected chi connectivity index (χ2v) is 8.64. The zero-order valence-electron chi connectivity index (χ0n) is 19.1. The highest BCUT2D eigenvalue weighted by Gasteiger charge is 2.23. The number of hydrogen-bond acceptors (Lipinski definition) is 6. The average Bonchev–Trinajstić information content (AvgIpc) is 2.70. The molecule has 1 fully saturated rings. The summed E-state index contributed by atoms with van der Waals surface area (Å²) in [6.07, 6.45) is 0.542. The fraction of sp³-hybridized carbons (Fsp3) is 0.583. The van der Waals surface area contributed by atoms with E-state index in [-0.39, 0.29) is 6.10 Å². The molecule has 6 nitrogen and oxygen atoms in total. The topological polar surface area (TPSA) is 61.7 Å². The largest absolute Gasteiger partial charge is 0.389 e. The van der Waals surface area contributed by atoms with Crippen LogP contribution in [0.25, 0.3) is 0 Å². The molecule has 2 heterocycles. The summed E-state index contributed by atoms with van der Waals surface area (Å²) in [6.45, 7) is 14.8. The molecule has 30 heavy (non-hydrogen) atoms. The molecule has 0 saturated carbocycles. The standard InChI is InChI=1S/C24H36N4O2/c1-17(2)30-16-22(29)15-27-10-12-28(13-11-27)24-23(19(4)25-20(5)26-24)14-21-8-6-18(3)7-9-21/h6-9,17,22,29H,10-16H2,1-5H3. The molecule has 1 aromatic heterocycles. The van der Waals surface area contributed by atoms with E-state index in [2.05, 4.69) is 52.9 Å². The van der Waals surface area contributed by atoms with Crippen LogP contribution in [0, 0.1) is 20.8 Å². The first-order chi connectivity index (χ1) is 14.3. The molecular formula is C24H36N4O2. The van der Waals surface area contributed by atoms with Gasteiger partial charge in [-0.1, -0.05) is 29.8 Å². The van der Waals surface area contributed by atoms with Crippen molar-refractivity contribution in [1.82, 2.24) is 14.9 Å². The highest BCUT2D eigenvalue weighted by Crippen LogP contribution is 2.25. The normalized spacial score (nSPS) is 16.3. The number of β-amino-alcohol motifs (C(OH)–C–C–N with tert-alkyl or cyclic N) is 1. The van der Waals surface area contributed by atoms with Gasteiger partial charge in [0.1, 0.15) is 11.6 Å². The number of aliphatic hydroxyl groups excluding tert-OH is 1. The Morgan fingerprint density at radius 3 is 2.30 bits per heavy atom. The minimum atomic E-state index is -0.445. The first-order valence-corrected chi connectivity index (χ1v) is 11.0. The van der Waals surface area contributed by atoms with Gasteiger partial charge >= 0.3 is 0 Å². The van der Waals surface area contributed by atoms with E-state index in [1.54, 1.807) is 0 Å². The molecule has 1 N–H and O–H groups in total. The van der Waals surface area contributed by atoms with Gasteiger partial charge in [-0.25, -0.2) is 9.97 Å². The van der Waals surface area contributed by atoms with Gasteiger partial charge in [-0.15, -0.1) is 0 Å². The summed E-state index contributed by atoms with van der Waals surface area (Å²) < 4.78 is 5.54. The minimum absolute atomic E-state index is 0.146. The van der Waals surface area contributed by atoms with Gasteiger partial charge < -0.3 is 14.7 Å². The Morgan fingerprint density at radius 1 is 1.00 bits per heavy atom. The average molecular weight is 413 g/mol. The molecule has 1 saturated heterocycles. The molecule has 1 aliphatic rings. The van der Waals surface area contributed by atoms with Crippen LogP contribution in [0.1, 0.15) is 42.1 Å². The third kappa shape index (κ3) is 6.24. The molecule has 1 unspecified atom stereocenters. The number of benzene rings is 1. The van der Waals surface area contributed by atoms with Crippen molar-refractivity contribution >= 4 is 5.82 Å². The van der Waals surface area contributed by atoms with Gasteiger partial charge in [-0.05, 0) is 40.2 Å². The number of nitrogens with zero attached hydrogens (tertiary/aromatic N) is 4. The number of hydrogen-bond donors (Lipinski definition) is 1. The van der Waals surface area contributed by atoms with Crippen LogP contribution < -0.4 is 4.90 Å². The highest BCUT2D eigenvalue weighted by atomic mass is 16.5. The molecular weight excluding hydrogens is 376 g/mol. The van der Waals surface area contributed by atoms with E-state index < -0.39 is 6.10 Å². The predicted molar refractivity (Wildman–Crippen MR) is 121 cm³/mol. The van der Waals surface area contributed by atoms with Crippen LogP contribution in [-0.2, 0) is 11.2 Å². The molecule has 2 aromatic rings. The summed E-state index contributed by atoms with van der Waals surface area (Å²) in [5, 5.41) is 10.2. The molecule has 3 rings (SSSR count). The summed E-state index contributed by atoms with van der Waals surface area (Å²) in [7, 11) is 0. The van der Waals surface area contributed by atoms with E-state index in [1.807, 2.05) is 20.8 Å². The van der Waals surface area contributed by atoms with Crippen molar-refractivity contribution in [2.24, 2.45) is 0 Å². The predicted octanol–water partition coefficient (Wildman–Crippen LogP) is 2.90. The molecule has 6 heteroatoms. The van der Waals surface area contributed by atoms with E-state index in [0.29, 0.717) is 13.2 Å². The van der Waals surface area contributed by atoms with Gasteiger partial charge in [0.05, 0.1) is 18.8 Å². The van der Waals surface area contributed by atoms with Crippen LogP contribution >= 0.6 is 0 Å². The Bertz CT molecular complexity index is 815. The smallest absolute Gasteiger partial charge is 0.136 e. The third-order valence-electron chi connectivity index (χ3n) is 5.57. The monoisotopic (exact) mass is 412 g/mol. The lowest BCUT2D eigenvalue weighted by atomic mass is 10.0. The Balaban J connectivity index is 1.67.